The van der Waals surface area contributed by atoms with Crippen molar-refractivity contribution >= 4 is 5.78 Å². The standard InChI is InChI=1S/C15H19N2O.BrH/c1-3-7-14(17-11-10-16(2)12-17)15(18)13-8-5-4-6-9-13;/h4-6,8-12,14H,3,7H2,1-2H3;1H/q+1;/p-1. The summed E-state index contributed by atoms with van der Waals surface area (Å²) in [6, 6.07) is 9.42. The first-order chi connectivity index (χ1) is 8.72. The van der Waals surface area contributed by atoms with Gasteiger partial charge in [0.15, 0.2) is 6.04 Å². The Labute approximate surface area is 124 Å². The zero-order valence-electron chi connectivity index (χ0n) is 11.3. The number of hydrogen-bond donors (Lipinski definition) is 0. The van der Waals surface area contributed by atoms with E-state index in [-0.39, 0.29) is 28.8 Å². The number of aryl methyl sites for hydroxylation is 1. The molecule has 2 aromatic rings. The summed E-state index contributed by atoms with van der Waals surface area (Å²) in [6.07, 6.45) is 7.73. The lowest BCUT2D eigenvalue weighted by molar-refractivity contribution is -0.671. The van der Waals surface area contributed by atoms with Crippen molar-refractivity contribution in [3.63, 3.8) is 0 Å². The van der Waals surface area contributed by atoms with Crippen molar-refractivity contribution in [1.82, 2.24) is 4.57 Å². The third kappa shape index (κ3) is 3.77. The Balaban J connectivity index is 0.00000180. The zero-order chi connectivity index (χ0) is 13.0. The highest BCUT2D eigenvalue weighted by molar-refractivity contribution is 5.98. The topological polar surface area (TPSA) is 25.9 Å². The van der Waals surface area contributed by atoms with Crippen LogP contribution in [0.1, 0.15) is 36.2 Å². The Hall–Kier alpha value is -1.42. The van der Waals surface area contributed by atoms with Crippen molar-refractivity contribution in [3.05, 3.63) is 54.6 Å². The van der Waals surface area contributed by atoms with Crippen LogP contribution in [-0.4, -0.2) is 10.4 Å². The minimum atomic E-state index is -0.0985. The average molecular weight is 323 g/mol. The lowest BCUT2D eigenvalue weighted by atomic mass is 10.0. The summed E-state index contributed by atoms with van der Waals surface area (Å²) in [7, 11) is 1.96. The summed E-state index contributed by atoms with van der Waals surface area (Å²) >= 11 is 0. The molecule has 2 rings (SSSR count). The van der Waals surface area contributed by atoms with Gasteiger partial charge in [0.25, 0.3) is 0 Å². The first kappa shape index (κ1) is 15.6. The summed E-state index contributed by atoms with van der Waals surface area (Å²) < 4.78 is 3.96. The van der Waals surface area contributed by atoms with Gasteiger partial charge >= 0.3 is 0 Å². The molecule has 0 aliphatic heterocycles. The predicted octanol–water partition coefficient (Wildman–Crippen LogP) is -0.459. The number of rotatable bonds is 5. The molecule has 1 aromatic heterocycles. The normalized spacial score (nSPS) is 11.7. The van der Waals surface area contributed by atoms with Crippen LogP contribution in [0.15, 0.2) is 49.1 Å². The molecule has 1 atom stereocenters. The molecule has 3 nitrogen and oxygen atoms in total. The third-order valence-corrected chi connectivity index (χ3v) is 3.07. The second kappa shape index (κ2) is 7.24. The van der Waals surface area contributed by atoms with Crippen molar-refractivity contribution in [2.24, 2.45) is 7.05 Å². The molecule has 0 bridgehead atoms. The second-order valence-electron chi connectivity index (χ2n) is 4.56. The van der Waals surface area contributed by atoms with Crippen LogP contribution in [0.2, 0.25) is 0 Å². The second-order valence-corrected chi connectivity index (χ2v) is 4.56. The molecule has 0 amide bonds. The number of halogens is 1. The van der Waals surface area contributed by atoms with E-state index in [1.165, 1.54) is 0 Å². The van der Waals surface area contributed by atoms with E-state index in [4.69, 9.17) is 0 Å². The van der Waals surface area contributed by atoms with Crippen LogP contribution in [-0.2, 0) is 7.05 Å². The Bertz CT molecular complexity index is 522. The van der Waals surface area contributed by atoms with Crippen LogP contribution in [0, 0.1) is 0 Å². The molecule has 102 valence electrons. The molecule has 0 aliphatic rings. The van der Waals surface area contributed by atoms with Gasteiger partial charge < -0.3 is 17.0 Å². The maximum Gasteiger partial charge on any atom is 0.244 e. The van der Waals surface area contributed by atoms with Gasteiger partial charge in [-0.3, -0.25) is 4.79 Å². The van der Waals surface area contributed by atoms with E-state index in [1.54, 1.807) is 0 Å². The molecule has 0 radical (unpaired) electrons. The highest BCUT2D eigenvalue weighted by Gasteiger charge is 2.25. The monoisotopic (exact) mass is 322 g/mol. The van der Waals surface area contributed by atoms with Crippen LogP contribution >= 0.6 is 0 Å². The van der Waals surface area contributed by atoms with Gasteiger partial charge in [-0.25, -0.2) is 9.13 Å². The fraction of sp³-hybridized carbons (Fsp3) is 0.333. The van der Waals surface area contributed by atoms with E-state index in [2.05, 4.69) is 6.92 Å². The maximum atomic E-state index is 12.5. The third-order valence-electron chi connectivity index (χ3n) is 3.07. The van der Waals surface area contributed by atoms with E-state index in [0.29, 0.717) is 0 Å². The number of aromatic nitrogens is 2. The zero-order valence-corrected chi connectivity index (χ0v) is 12.9. The summed E-state index contributed by atoms with van der Waals surface area (Å²) in [4.78, 5) is 12.5. The molecule has 1 aromatic carbocycles. The van der Waals surface area contributed by atoms with E-state index in [1.807, 2.05) is 65.2 Å². The summed E-state index contributed by atoms with van der Waals surface area (Å²) in [6.45, 7) is 2.11. The van der Waals surface area contributed by atoms with Crippen molar-refractivity contribution in [1.29, 1.82) is 0 Å². The van der Waals surface area contributed by atoms with Gasteiger partial charge in [-0.05, 0) is 6.42 Å². The first-order valence-corrected chi connectivity index (χ1v) is 6.34. The summed E-state index contributed by atoms with van der Waals surface area (Å²) in [5, 5.41) is 0. The quantitative estimate of drug-likeness (QED) is 0.540. The van der Waals surface area contributed by atoms with Crippen LogP contribution in [0.4, 0.5) is 0 Å². The van der Waals surface area contributed by atoms with E-state index in [9.17, 15) is 4.79 Å². The van der Waals surface area contributed by atoms with Gasteiger partial charge in [-0.1, -0.05) is 43.7 Å². The van der Waals surface area contributed by atoms with Crippen LogP contribution in [0.5, 0.6) is 0 Å². The predicted molar refractivity (Wildman–Crippen MR) is 70.3 cm³/mol. The van der Waals surface area contributed by atoms with Crippen molar-refractivity contribution in [2.45, 2.75) is 25.8 Å². The van der Waals surface area contributed by atoms with Gasteiger partial charge in [-0.2, -0.15) is 0 Å². The highest BCUT2D eigenvalue weighted by atomic mass is 79.9. The molecule has 1 unspecified atom stereocenters. The first-order valence-electron chi connectivity index (χ1n) is 6.34. The van der Waals surface area contributed by atoms with Gasteiger partial charge in [-0.15, -0.1) is 0 Å². The Kier molecular flexibility index (Phi) is 5.96. The molecule has 19 heavy (non-hydrogen) atoms. The number of nitrogens with zero attached hydrogens (tertiary/aromatic N) is 2. The van der Waals surface area contributed by atoms with Gasteiger partial charge in [0.05, 0.1) is 7.05 Å². The van der Waals surface area contributed by atoms with Gasteiger partial charge in [0.2, 0.25) is 12.1 Å². The fourth-order valence-corrected chi connectivity index (χ4v) is 2.14. The molecular weight excluding hydrogens is 304 g/mol. The van der Waals surface area contributed by atoms with Crippen LogP contribution in [0.25, 0.3) is 0 Å². The molecule has 0 saturated carbocycles. The van der Waals surface area contributed by atoms with Crippen LogP contribution in [0.3, 0.4) is 0 Å². The Morgan fingerprint density at radius 2 is 2.00 bits per heavy atom. The number of hydrogen-bond acceptors (Lipinski definition) is 1. The van der Waals surface area contributed by atoms with Gasteiger partial charge in [0.1, 0.15) is 12.4 Å². The Morgan fingerprint density at radius 1 is 1.32 bits per heavy atom. The minimum Gasteiger partial charge on any atom is -1.00 e. The fourth-order valence-electron chi connectivity index (χ4n) is 2.14. The van der Waals surface area contributed by atoms with Crippen molar-refractivity contribution in [3.8, 4) is 0 Å². The number of imidazole rings is 1. The molecule has 0 saturated heterocycles. The Morgan fingerprint density at radius 3 is 2.53 bits per heavy atom. The minimum absolute atomic E-state index is 0. The molecule has 0 spiro atoms. The average Bonchev–Trinajstić information content (AvgIpc) is 2.82. The largest absolute Gasteiger partial charge is 1.00 e. The number of Topliss-reactive ketones (excluding diaryl/α,β-unsaturated/α-hetero) is 1. The van der Waals surface area contributed by atoms with Crippen molar-refractivity contribution in [2.75, 3.05) is 0 Å². The SMILES string of the molecule is CCCC(C(=O)c1ccccc1)n1cc[n+](C)c1.[Br-]. The van der Waals surface area contributed by atoms with E-state index in [0.717, 1.165) is 18.4 Å². The molecule has 1 heterocycles. The lowest BCUT2D eigenvalue weighted by Gasteiger charge is -2.11. The molecule has 0 fully saturated rings. The summed E-state index contributed by atoms with van der Waals surface area (Å²) in [5.41, 5.74) is 0.785. The number of carbonyl (C=O) groups is 1. The maximum absolute atomic E-state index is 12.5. The van der Waals surface area contributed by atoms with E-state index >= 15 is 0 Å². The van der Waals surface area contributed by atoms with Gasteiger partial charge in [0, 0.05) is 5.56 Å². The smallest absolute Gasteiger partial charge is 0.244 e. The highest BCUT2D eigenvalue weighted by Crippen LogP contribution is 2.19. The molecule has 4 heteroatoms. The van der Waals surface area contributed by atoms with E-state index < -0.39 is 0 Å². The lowest BCUT2D eigenvalue weighted by Crippen LogP contribution is -3.00. The molecular formula is C15H19BrN2O. The van der Waals surface area contributed by atoms with Crippen LogP contribution < -0.4 is 21.5 Å². The number of benzene rings is 1. The summed E-state index contributed by atoms with van der Waals surface area (Å²) in [5.74, 6) is 0.189. The number of carbonyl (C=O) groups excluding carboxylic acids is 1. The van der Waals surface area contributed by atoms with Crippen molar-refractivity contribution < 1.29 is 26.3 Å². The number of ketones is 1. The molecule has 0 aliphatic carbocycles. The molecule has 0 N–H and O–H groups in total.